The molecule has 0 bridgehead atoms. The number of aliphatic hydroxyl groups excluding tert-OH is 1. The molecule has 0 spiro atoms. The van der Waals surface area contributed by atoms with Crippen molar-refractivity contribution >= 4 is 12.0 Å². The average Bonchev–Trinajstić information content (AvgIpc) is 2.37. The summed E-state index contributed by atoms with van der Waals surface area (Å²) in [7, 11) is 0. The Morgan fingerprint density at radius 3 is 2.67 bits per heavy atom. The van der Waals surface area contributed by atoms with Gasteiger partial charge in [0.2, 0.25) is 0 Å². The van der Waals surface area contributed by atoms with Gasteiger partial charge in [0.1, 0.15) is 0 Å². The molecule has 1 N–H and O–H groups in total. The van der Waals surface area contributed by atoms with Crippen molar-refractivity contribution in [3.05, 3.63) is 41.5 Å². The largest absolute Gasteiger partial charge is 0.466 e. The van der Waals surface area contributed by atoms with Gasteiger partial charge in [0, 0.05) is 13.0 Å². The predicted molar refractivity (Wildman–Crippen MR) is 72.1 cm³/mol. The number of rotatable bonds is 7. The number of esters is 1. The van der Waals surface area contributed by atoms with Crippen LogP contribution in [0.1, 0.15) is 30.9 Å². The van der Waals surface area contributed by atoms with E-state index in [0.717, 1.165) is 11.1 Å². The van der Waals surface area contributed by atoms with Gasteiger partial charge in [-0.15, -0.1) is 0 Å². The summed E-state index contributed by atoms with van der Waals surface area (Å²) < 4.78 is 4.84. The Morgan fingerprint density at radius 1 is 1.33 bits per heavy atom. The molecule has 0 aliphatic heterocycles. The van der Waals surface area contributed by atoms with Crippen LogP contribution in [0.2, 0.25) is 0 Å². The van der Waals surface area contributed by atoms with Crippen LogP contribution in [0.5, 0.6) is 0 Å². The molecule has 3 heteroatoms. The maximum absolute atomic E-state index is 11.1. The third-order valence-corrected chi connectivity index (χ3v) is 2.51. The smallest absolute Gasteiger partial charge is 0.306 e. The van der Waals surface area contributed by atoms with E-state index in [9.17, 15) is 4.79 Å². The summed E-state index contributed by atoms with van der Waals surface area (Å²) in [6.07, 6.45) is 5.76. The normalized spacial score (nSPS) is 10.8. The van der Waals surface area contributed by atoms with Gasteiger partial charge in [0.15, 0.2) is 0 Å². The van der Waals surface area contributed by atoms with E-state index in [1.54, 1.807) is 0 Å². The number of hydrogen-bond donors (Lipinski definition) is 1. The van der Waals surface area contributed by atoms with Crippen LogP contribution in [-0.2, 0) is 16.0 Å². The fourth-order valence-corrected chi connectivity index (χ4v) is 1.58. The number of allylic oxidation sites excluding steroid dienone is 1. The summed E-state index contributed by atoms with van der Waals surface area (Å²) in [6, 6.07) is 8.01. The second-order valence-electron chi connectivity index (χ2n) is 3.96. The lowest BCUT2D eigenvalue weighted by atomic mass is 10.1. The van der Waals surface area contributed by atoms with E-state index in [1.807, 2.05) is 43.3 Å². The van der Waals surface area contributed by atoms with Crippen molar-refractivity contribution in [2.75, 3.05) is 13.2 Å². The van der Waals surface area contributed by atoms with Gasteiger partial charge in [-0.1, -0.05) is 36.4 Å². The van der Waals surface area contributed by atoms with Crippen molar-refractivity contribution in [2.24, 2.45) is 0 Å². The minimum absolute atomic E-state index is 0.152. The molecule has 0 unspecified atom stereocenters. The van der Waals surface area contributed by atoms with E-state index in [2.05, 4.69) is 0 Å². The van der Waals surface area contributed by atoms with Crippen LogP contribution in [0.25, 0.3) is 6.08 Å². The van der Waals surface area contributed by atoms with Crippen LogP contribution in [0, 0.1) is 0 Å². The maximum atomic E-state index is 11.1. The Hall–Kier alpha value is -1.61. The molecule has 0 aliphatic rings. The minimum atomic E-state index is -0.152. The zero-order chi connectivity index (χ0) is 13.2. The second kappa shape index (κ2) is 8.48. The van der Waals surface area contributed by atoms with E-state index < -0.39 is 0 Å². The molecule has 0 fully saturated rings. The Morgan fingerprint density at radius 2 is 2.06 bits per heavy atom. The van der Waals surface area contributed by atoms with Crippen LogP contribution in [0.15, 0.2) is 30.3 Å². The van der Waals surface area contributed by atoms with Gasteiger partial charge in [0.05, 0.1) is 6.61 Å². The molecule has 18 heavy (non-hydrogen) atoms. The van der Waals surface area contributed by atoms with E-state index in [0.29, 0.717) is 25.9 Å². The van der Waals surface area contributed by atoms with Crippen LogP contribution < -0.4 is 0 Å². The average molecular weight is 248 g/mol. The van der Waals surface area contributed by atoms with Gasteiger partial charge in [-0.3, -0.25) is 4.79 Å². The number of hydrogen-bond acceptors (Lipinski definition) is 3. The van der Waals surface area contributed by atoms with Crippen molar-refractivity contribution in [3.8, 4) is 0 Å². The number of carbonyl (C=O) groups is 1. The molecule has 0 aliphatic carbocycles. The summed E-state index contributed by atoms with van der Waals surface area (Å²) in [4.78, 5) is 11.1. The first-order chi connectivity index (χ1) is 8.76. The van der Waals surface area contributed by atoms with Crippen molar-refractivity contribution in [1.82, 2.24) is 0 Å². The molecule has 0 heterocycles. The Kier molecular flexibility index (Phi) is 6.81. The summed E-state index contributed by atoms with van der Waals surface area (Å²) in [6.45, 7) is 2.42. The quantitative estimate of drug-likeness (QED) is 0.754. The SMILES string of the molecule is CCOC(=O)CC/C=C/c1ccc(CCO)cc1. The van der Waals surface area contributed by atoms with E-state index in [-0.39, 0.29) is 12.6 Å². The van der Waals surface area contributed by atoms with Crippen molar-refractivity contribution < 1.29 is 14.6 Å². The van der Waals surface area contributed by atoms with Crippen molar-refractivity contribution in [3.63, 3.8) is 0 Å². The van der Waals surface area contributed by atoms with Gasteiger partial charge >= 0.3 is 5.97 Å². The van der Waals surface area contributed by atoms with Gasteiger partial charge in [0.25, 0.3) is 0 Å². The molecule has 0 amide bonds. The second-order valence-corrected chi connectivity index (χ2v) is 3.96. The molecule has 1 aromatic rings. The lowest BCUT2D eigenvalue weighted by Crippen LogP contribution is -2.02. The van der Waals surface area contributed by atoms with Crippen LogP contribution in [-0.4, -0.2) is 24.3 Å². The third-order valence-electron chi connectivity index (χ3n) is 2.51. The molecule has 1 aromatic carbocycles. The summed E-state index contributed by atoms with van der Waals surface area (Å²) in [5.74, 6) is -0.152. The van der Waals surface area contributed by atoms with E-state index >= 15 is 0 Å². The fraction of sp³-hybridized carbons (Fsp3) is 0.400. The summed E-state index contributed by atoms with van der Waals surface area (Å²) in [5.41, 5.74) is 2.22. The minimum Gasteiger partial charge on any atom is -0.466 e. The highest BCUT2D eigenvalue weighted by Crippen LogP contribution is 2.07. The van der Waals surface area contributed by atoms with E-state index in [1.165, 1.54) is 0 Å². The number of carbonyl (C=O) groups excluding carboxylic acids is 1. The molecular formula is C15H20O3. The molecule has 0 saturated heterocycles. The van der Waals surface area contributed by atoms with Crippen molar-refractivity contribution in [2.45, 2.75) is 26.2 Å². The van der Waals surface area contributed by atoms with Crippen LogP contribution in [0.4, 0.5) is 0 Å². The van der Waals surface area contributed by atoms with Crippen LogP contribution >= 0.6 is 0 Å². The molecule has 0 radical (unpaired) electrons. The molecular weight excluding hydrogens is 228 g/mol. The lowest BCUT2D eigenvalue weighted by Gasteiger charge is -1.99. The highest BCUT2D eigenvalue weighted by molar-refractivity contribution is 5.69. The first-order valence-electron chi connectivity index (χ1n) is 6.28. The number of aliphatic hydroxyl groups is 1. The maximum Gasteiger partial charge on any atom is 0.306 e. The van der Waals surface area contributed by atoms with Gasteiger partial charge in [-0.25, -0.2) is 0 Å². The molecule has 0 aromatic heterocycles. The van der Waals surface area contributed by atoms with Crippen molar-refractivity contribution in [1.29, 1.82) is 0 Å². The summed E-state index contributed by atoms with van der Waals surface area (Å²) >= 11 is 0. The zero-order valence-corrected chi connectivity index (χ0v) is 10.8. The standard InChI is InChI=1S/C15H20O3/c1-2-18-15(17)6-4-3-5-13-7-9-14(10-8-13)11-12-16/h3,5,7-10,16H,2,4,6,11-12H2,1H3/b5-3+. The van der Waals surface area contributed by atoms with E-state index in [4.69, 9.17) is 9.84 Å². The highest BCUT2D eigenvalue weighted by atomic mass is 16.5. The first kappa shape index (κ1) is 14.5. The zero-order valence-electron chi connectivity index (χ0n) is 10.8. The molecule has 0 atom stereocenters. The van der Waals surface area contributed by atoms with Gasteiger partial charge in [-0.05, 0) is 30.9 Å². The monoisotopic (exact) mass is 248 g/mol. The molecule has 98 valence electrons. The van der Waals surface area contributed by atoms with Gasteiger partial charge < -0.3 is 9.84 Å². The van der Waals surface area contributed by atoms with Crippen LogP contribution in [0.3, 0.4) is 0 Å². The summed E-state index contributed by atoms with van der Waals surface area (Å²) in [5, 5.41) is 8.80. The van der Waals surface area contributed by atoms with Gasteiger partial charge in [-0.2, -0.15) is 0 Å². The molecule has 0 saturated carbocycles. The predicted octanol–water partition coefficient (Wildman–Crippen LogP) is 2.58. The Balaban J connectivity index is 2.35. The Labute approximate surface area is 108 Å². The molecule has 3 nitrogen and oxygen atoms in total. The molecule has 1 rings (SSSR count). The lowest BCUT2D eigenvalue weighted by molar-refractivity contribution is -0.142. The number of ether oxygens (including phenoxy) is 1. The first-order valence-corrected chi connectivity index (χ1v) is 6.28. The highest BCUT2D eigenvalue weighted by Gasteiger charge is 1.98. The fourth-order valence-electron chi connectivity index (χ4n) is 1.58. The third kappa shape index (κ3) is 5.64. The number of benzene rings is 1. The topological polar surface area (TPSA) is 46.5 Å². The Bertz CT molecular complexity index is 379.